The summed E-state index contributed by atoms with van der Waals surface area (Å²) in [6.45, 7) is 2.29. The van der Waals surface area contributed by atoms with Gasteiger partial charge in [-0.1, -0.05) is 41.9 Å². The SMILES string of the molecule is N#Cc1c(O[C@@H]2COC3[C@H](O)CO[C@@H]32)[nH]c2cc(Cl)c(-c3ccc(N4CCC(Oc5ccccc5)CC4)cc3)nc12. The number of benzene rings is 2. The Morgan fingerprint density at radius 3 is 2.51 bits per heavy atom. The molecule has 5 heterocycles. The minimum atomic E-state index is -0.679. The first kappa shape index (κ1) is 26.1. The Bertz CT molecular complexity index is 1580. The molecular weight excluding hydrogens is 544 g/mol. The molecule has 41 heavy (non-hydrogen) atoms. The summed E-state index contributed by atoms with van der Waals surface area (Å²) in [4.78, 5) is 10.3. The highest BCUT2D eigenvalue weighted by Gasteiger charge is 2.48. The minimum Gasteiger partial charge on any atom is -0.490 e. The largest absolute Gasteiger partial charge is 0.490 e. The van der Waals surface area contributed by atoms with E-state index >= 15 is 0 Å². The summed E-state index contributed by atoms with van der Waals surface area (Å²) < 4.78 is 23.6. The van der Waals surface area contributed by atoms with Crippen molar-refractivity contribution in [3.63, 3.8) is 0 Å². The third-order valence-corrected chi connectivity index (χ3v) is 8.33. The maximum Gasteiger partial charge on any atom is 0.212 e. The molecule has 0 aliphatic carbocycles. The van der Waals surface area contributed by atoms with E-state index < -0.39 is 24.4 Å². The number of fused-ring (bicyclic) bond motifs is 2. The average Bonchev–Trinajstić information content (AvgIpc) is 3.68. The lowest BCUT2D eigenvalue weighted by Gasteiger charge is -2.33. The second-order valence-corrected chi connectivity index (χ2v) is 11.0. The molecule has 4 atom stereocenters. The molecule has 2 N–H and O–H groups in total. The van der Waals surface area contributed by atoms with Crippen LogP contribution in [0.1, 0.15) is 18.4 Å². The predicted molar refractivity (Wildman–Crippen MR) is 153 cm³/mol. The van der Waals surface area contributed by atoms with Crippen LogP contribution in [0.4, 0.5) is 5.69 Å². The molecular formula is C31H29ClN4O5. The topological polar surface area (TPSA) is 113 Å². The summed E-state index contributed by atoms with van der Waals surface area (Å²) in [5.74, 6) is 1.21. The fourth-order valence-corrected chi connectivity index (χ4v) is 6.17. The number of hydrogen-bond acceptors (Lipinski definition) is 8. The maximum absolute atomic E-state index is 10.0. The summed E-state index contributed by atoms with van der Waals surface area (Å²) in [6, 6.07) is 22.1. The number of hydrogen-bond donors (Lipinski definition) is 2. The summed E-state index contributed by atoms with van der Waals surface area (Å²) in [5.41, 5.74) is 3.96. The summed E-state index contributed by atoms with van der Waals surface area (Å²) in [7, 11) is 0. The zero-order chi connectivity index (χ0) is 27.9. The van der Waals surface area contributed by atoms with E-state index in [2.05, 4.69) is 28.1 Å². The number of para-hydroxylation sites is 1. The van der Waals surface area contributed by atoms with E-state index in [0.717, 1.165) is 42.9 Å². The van der Waals surface area contributed by atoms with E-state index in [4.69, 9.17) is 35.5 Å². The van der Waals surface area contributed by atoms with E-state index in [1.807, 2.05) is 42.5 Å². The predicted octanol–water partition coefficient (Wildman–Crippen LogP) is 4.71. The number of piperidine rings is 1. The van der Waals surface area contributed by atoms with Gasteiger partial charge in [-0.05, 0) is 30.3 Å². The molecule has 210 valence electrons. The second-order valence-electron chi connectivity index (χ2n) is 10.6. The highest BCUT2D eigenvalue weighted by atomic mass is 35.5. The highest BCUT2D eigenvalue weighted by molar-refractivity contribution is 6.33. The molecule has 2 aromatic carbocycles. The van der Waals surface area contributed by atoms with Gasteiger partial charge in [0.25, 0.3) is 0 Å². The van der Waals surface area contributed by atoms with Crippen molar-refractivity contribution in [1.82, 2.24) is 9.97 Å². The van der Waals surface area contributed by atoms with E-state index in [9.17, 15) is 10.4 Å². The maximum atomic E-state index is 10.0. The van der Waals surface area contributed by atoms with E-state index in [1.165, 1.54) is 0 Å². The van der Waals surface area contributed by atoms with Crippen LogP contribution >= 0.6 is 11.6 Å². The van der Waals surface area contributed by atoms with Gasteiger partial charge in [0.2, 0.25) is 5.88 Å². The van der Waals surface area contributed by atoms with Crippen molar-refractivity contribution in [3.8, 4) is 29.0 Å². The van der Waals surface area contributed by atoms with Crippen molar-refractivity contribution in [2.24, 2.45) is 0 Å². The van der Waals surface area contributed by atoms with E-state index in [1.54, 1.807) is 6.07 Å². The molecule has 0 saturated carbocycles. The quantitative estimate of drug-likeness (QED) is 0.342. The number of H-pyrrole nitrogens is 1. The monoisotopic (exact) mass is 572 g/mol. The minimum absolute atomic E-state index is 0.202. The number of halogens is 1. The van der Waals surface area contributed by atoms with Gasteiger partial charge in [0, 0.05) is 37.2 Å². The van der Waals surface area contributed by atoms with Gasteiger partial charge >= 0.3 is 0 Å². The molecule has 4 aromatic rings. The number of rotatable bonds is 6. The zero-order valence-electron chi connectivity index (χ0n) is 22.2. The summed E-state index contributed by atoms with van der Waals surface area (Å²) >= 11 is 6.67. The first-order chi connectivity index (χ1) is 20.1. The molecule has 0 bridgehead atoms. The van der Waals surface area contributed by atoms with Crippen molar-refractivity contribution < 1.29 is 24.1 Å². The molecule has 3 aliphatic rings. The van der Waals surface area contributed by atoms with Gasteiger partial charge in [-0.3, -0.25) is 0 Å². The molecule has 0 amide bonds. The lowest BCUT2D eigenvalue weighted by atomic mass is 10.1. The molecule has 3 aliphatic heterocycles. The number of nitrogens with zero attached hydrogens (tertiary/aromatic N) is 3. The van der Waals surface area contributed by atoms with E-state index in [0.29, 0.717) is 21.7 Å². The van der Waals surface area contributed by atoms with Crippen LogP contribution in [0.15, 0.2) is 60.7 Å². The molecule has 1 unspecified atom stereocenters. The standard InChI is InChI=1S/C31H29ClN4O5/c32-23-14-24-28(22(15-33)31(34-24)41-26-17-39-29-25(37)16-38-30(26)29)35-27(23)18-6-8-19(9-7-18)36-12-10-21(11-13-36)40-20-4-2-1-3-5-20/h1-9,14,21,25-26,29-30,34,37H,10-13,16-17H2/t25-,26-,29?,30-/m1/s1. The number of aromatic nitrogens is 2. The summed E-state index contributed by atoms with van der Waals surface area (Å²) in [5, 5.41) is 20.5. The van der Waals surface area contributed by atoms with Crippen LogP contribution in [-0.2, 0) is 9.47 Å². The average molecular weight is 573 g/mol. The number of pyridine rings is 1. The molecule has 0 radical (unpaired) electrons. The number of nitriles is 1. The number of aromatic amines is 1. The number of anilines is 1. The first-order valence-electron chi connectivity index (χ1n) is 13.8. The lowest BCUT2D eigenvalue weighted by molar-refractivity contribution is 0.00789. The Balaban J connectivity index is 1.07. The Kier molecular flexibility index (Phi) is 6.93. The summed E-state index contributed by atoms with van der Waals surface area (Å²) in [6.07, 6.45) is 0.179. The zero-order valence-corrected chi connectivity index (χ0v) is 23.0. The smallest absolute Gasteiger partial charge is 0.212 e. The second kappa shape index (κ2) is 10.9. The Hall–Kier alpha value is -3.81. The van der Waals surface area contributed by atoms with Crippen molar-refractivity contribution in [2.45, 2.75) is 43.4 Å². The molecule has 9 nitrogen and oxygen atoms in total. The third-order valence-electron chi connectivity index (χ3n) is 8.04. The Labute approximate surface area is 242 Å². The van der Waals surface area contributed by atoms with Gasteiger partial charge in [0.05, 0.1) is 29.4 Å². The molecule has 3 fully saturated rings. The molecule has 7 rings (SSSR count). The third kappa shape index (κ3) is 4.98. The van der Waals surface area contributed by atoms with Crippen LogP contribution in [-0.4, -0.2) is 71.9 Å². The Morgan fingerprint density at radius 2 is 1.76 bits per heavy atom. The highest BCUT2D eigenvalue weighted by Crippen LogP contribution is 2.36. The molecule has 10 heteroatoms. The van der Waals surface area contributed by atoms with Crippen LogP contribution in [0.2, 0.25) is 5.02 Å². The fourth-order valence-electron chi connectivity index (χ4n) is 5.91. The van der Waals surface area contributed by atoms with Gasteiger partial charge in [0.15, 0.2) is 6.10 Å². The van der Waals surface area contributed by atoms with Crippen LogP contribution in [0.25, 0.3) is 22.3 Å². The van der Waals surface area contributed by atoms with Crippen LogP contribution in [0.3, 0.4) is 0 Å². The number of ether oxygens (including phenoxy) is 4. The fraction of sp³-hybridized carbons (Fsp3) is 0.355. The van der Waals surface area contributed by atoms with Gasteiger partial charge in [0.1, 0.15) is 47.3 Å². The van der Waals surface area contributed by atoms with Gasteiger partial charge < -0.3 is 33.9 Å². The normalized spacial score (nSPS) is 24.4. The van der Waals surface area contributed by atoms with Gasteiger partial charge in [-0.25, -0.2) is 4.98 Å². The molecule has 0 spiro atoms. The van der Waals surface area contributed by atoms with Crippen LogP contribution < -0.4 is 14.4 Å². The van der Waals surface area contributed by atoms with Crippen LogP contribution in [0.5, 0.6) is 11.6 Å². The number of aliphatic hydroxyl groups is 1. The van der Waals surface area contributed by atoms with E-state index in [-0.39, 0.29) is 30.8 Å². The molecule has 3 saturated heterocycles. The van der Waals surface area contributed by atoms with Crippen molar-refractivity contribution >= 4 is 28.3 Å². The first-order valence-corrected chi connectivity index (χ1v) is 14.2. The van der Waals surface area contributed by atoms with Crippen molar-refractivity contribution in [1.29, 1.82) is 5.26 Å². The number of nitrogens with one attached hydrogen (secondary N) is 1. The van der Waals surface area contributed by atoms with Crippen molar-refractivity contribution in [3.05, 3.63) is 71.2 Å². The van der Waals surface area contributed by atoms with Gasteiger partial charge in [-0.2, -0.15) is 5.26 Å². The Morgan fingerprint density at radius 1 is 1.00 bits per heavy atom. The number of aliphatic hydroxyl groups excluding tert-OH is 1. The lowest BCUT2D eigenvalue weighted by Crippen LogP contribution is -2.38. The van der Waals surface area contributed by atoms with Crippen molar-refractivity contribution in [2.75, 3.05) is 31.2 Å². The van der Waals surface area contributed by atoms with Gasteiger partial charge in [-0.15, -0.1) is 0 Å². The van der Waals surface area contributed by atoms with Crippen LogP contribution in [0, 0.1) is 11.3 Å². The molecule has 2 aromatic heterocycles.